The van der Waals surface area contributed by atoms with Crippen LogP contribution in [-0.4, -0.2) is 38.2 Å². The Morgan fingerprint density at radius 2 is 1.50 bits per heavy atom. The molecule has 1 rings (SSSR count). The monoisotopic (exact) mass is 409 g/mol. The summed E-state index contributed by atoms with van der Waals surface area (Å²) in [5.41, 5.74) is 1.32. The lowest BCUT2D eigenvalue weighted by Crippen LogP contribution is -2.55. The topological polar surface area (TPSA) is 84.9 Å². The van der Waals surface area contributed by atoms with Crippen LogP contribution in [0.3, 0.4) is 0 Å². The largest absolute Gasteiger partial charge is 0.479 e. The van der Waals surface area contributed by atoms with Crippen molar-refractivity contribution in [1.82, 2.24) is 5.32 Å². The van der Waals surface area contributed by atoms with E-state index in [2.05, 4.69) is 46.9 Å². The SMILES string of the molecule is CCOC(=O)N[C@@H](c1ccccc1)[C@@H](O[Si](C(C)C)(C(C)C)C(C)C)C(=O)O. The maximum absolute atomic E-state index is 12.3. The minimum absolute atomic E-state index is 0.203. The Morgan fingerprint density at radius 3 is 1.89 bits per heavy atom. The summed E-state index contributed by atoms with van der Waals surface area (Å²) in [6, 6.07) is 8.20. The van der Waals surface area contributed by atoms with Crippen LogP contribution in [0.2, 0.25) is 16.6 Å². The van der Waals surface area contributed by atoms with Gasteiger partial charge in [0.25, 0.3) is 0 Å². The average molecular weight is 410 g/mol. The molecule has 0 fully saturated rings. The molecule has 0 aliphatic carbocycles. The zero-order chi connectivity index (χ0) is 21.5. The van der Waals surface area contributed by atoms with E-state index in [4.69, 9.17) is 9.16 Å². The first-order valence-corrected chi connectivity index (χ1v) is 12.1. The Balaban J connectivity index is 3.42. The zero-order valence-corrected chi connectivity index (χ0v) is 19.1. The molecule has 0 radical (unpaired) electrons. The molecular formula is C21H35NO5Si. The summed E-state index contributed by atoms with van der Waals surface area (Å²) in [6.07, 6.45) is -1.86. The lowest BCUT2D eigenvalue weighted by Gasteiger charge is -2.45. The molecule has 0 unspecified atom stereocenters. The van der Waals surface area contributed by atoms with Gasteiger partial charge in [0.15, 0.2) is 6.10 Å². The second-order valence-corrected chi connectivity index (χ2v) is 13.4. The molecule has 0 bridgehead atoms. The van der Waals surface area contributed by atoms with Crippen LogP contribution in [0.1, 0.15) is 60.1 Å². The number of carbonyl (C=O) groups excluding carboxylic acids is 1. The number of rotatable bonds is 10. The van der Waals surface area contributed by atoms with Crippen LogP contribution in [0.4, 0.5) is 4.79 Å². The Morgan fingerprint density at radius 1 is 1.00 bits per heavy atom. The quantitative estimate of drug-likeness (QED) is 0.524. The smallest absolute Gasteiger partial charge is 0.407 e. The van der Waals surface area contributed by atoms with Gasteiger partial charge in [-0.05, 0) is 29.1 Å². The van der Waals surface area contributed by atoms with Gasteiger partial charge in [0.05, 0.1) is 12.6 Å². The molecule has 1 aromatic rings. The molecule has 28 heavy (non-hydrogen) atoms. The molecule has 0 spiro atoms. The number of carbonyl (C=O) groups is 2. The van der Waals surface area contributed by atoms with Crippen molar-refractivity contribution >= 4 is 20.4 Å². The van der Waals surface area contributed by atoms with E-state index in [9.17, 15) is 14.7 Å². The van der Waals surface area contributed by atoms with Crippen LogP contribution < -0.4 is 5.32 Å². The lowest BCUT2D eigenvalue weighted by molar-refractivity contribution is -0.147. The highest BCUT2D eigenvalue weighted by molar-refractivity contribution is 6.77. The van der Waals surface area contributed by atoms with Gasteiger partial charge in [-0.2, -0.15) is 0 Å². The number of carboxylic acid groups (broad SMARTS) is 1. The summed E-state index contributed by atoms with van der Waals surface area (Å²) in [4.78, 5) is 24.5. The Labute approximate surface area is 169 Å². The molecule has 1 aromatic carbocycles. The number of amides is 1. The van der Waals surface area contributed by atoms with E-state index >= 15 is 0 Å². The number of ether oxygens (including phenoxy) is 1. The van der Waals surface area contributed by atoms with E-state index in [0.717, 1.165) is 0 Å². The molecular weight excluding hydrogens is 374 g/mol. The third-order valence-corrected chi connectivity index (χ3v) is 11.4. The van der Waals surface area contributed by atoms with E-state index in [0.29, 0.717) is 5.56 Å². The zero-order valence-electron chi connectivity index (χ0n) is 18.1. The molecule has 6 nitrogen and oxygen atoms in total. The summed E-state index contributed by atoms with van der Waals surface area (Å²) in [5.74, 6) is -1.09. The van der Waals surface area contributed by atoms with Crippen molar-refractivity contribution in [3.05, 3.63) is 35.9 Å². The van der Waals surface area contributed by atoms with E-state index in [-0.39, 0.29) is 23.2 Å². The molecule has 7 heteroatoms. The van der Waals surface area contributed by atoms with E-state index in [1.165, 1.54) is 0 Å². The van der Waals surface area contributed by atoms with Crippen molar-refractivity contribution in [2.45, 2.75) is 77.2 Å². The van der Waals surface area contributed by atoms with Crippen LogP contribution in [0.25, 0.3) is 0 Å². The fraction of sp³-hybridized carbons (Fsp3) is 0.619. The fourth-order valence-electron chi connectivity index (χ4n) is 4.18. The molecule has 0 aromatic heterocycles. The first-order chi connectivity index (χ1) is 13.1. The van der Waals surface area contributed by atoms with E-state index in [1.807, 2.05) is 18.2 Å². The van der Waals surface area contributed by atoms with Crippen LogP contribution in [0.5, 0.6) is 0 Å². The van der Waals surface area contributed by atoms with Crippen LogP contribution in [0.15, 0.2) is 30.3 Å². The Kier molecular flexibility index (Phi) is 9.17. The number of carboxylic acids is 1. The van der Waals surface area contributed by atoms with Gasteiger partial charge in [0.2, 0.25) is 8.32 Å². The summed E-state index contributed by atoms with van der Waals surface area (Å²) < 4.78 is 11.6. The molecule has 0 aliphatic rings. The summed E-state index contributed by atoms with van der Waals surface area (Å²) in [7, 11) is -2.49. The van der Waals surface area contributed by atoms with Crippen molar-refractivity contribution in [2.75, 3.05) is 6.61 Å². The lowest BCUT2D eigenvalue weighted by atomic mass is 10.0. The normalized spacial score (nSPS) is 14.2. The molecule has 0 aliphatic heterocycles. The number of alkyl carbamates (subject to hydrolysis) is 1. The molecule has 0 heterocycles. The van der Waals surface area contributed by atoms with E-state index < -0.39 is 32.5 Å². The average Bonchev–Trinajstić information content (AvgIpc) is 2.61. The predicted molar refractivity (Wildman–Crippen MR) is 113 cm³/mol. The number of nitrogens with one attached hydrogen (secondary N) is 1. The van der Waals surface area contributed by atoms with Crippen molar-refractivity contribution < 1.29 is 23.9 Å². The summed E-state index contributed by atoms with van der Waals surface area (Å²) >= 11 is 0. The van der Waals surface area contributed by atoms with Crippen LogP contribution in [-0.2, 0) is 14.0 Å². The van der Waals surface area contributed by atoms with Gasteiger partial charge in [-0.25, -0.2) is 9.59 Å². The summed E-state index contributed by atoms with van der Waals surface area (Å²) in [5, 5.41) is 12.8. The molecule has 2 N–H and O–H groups in total. The molecule has 2 atom stereocenters. The molecule has 0 saturated heterocycles. The van der Waals surface area contributed by atoms with Crippen molar-refractivity contribution in [3.63, 3.8) is 0 Å². The molecule has 1 amide bonds. The van der Waals surface area contributed by atoms with Crippen molar-refractivity contribution in [3.8, 4) is 0 Å². The van der Waals surface area contributed by atoms with Gasteiger partial charge < -0.3 is 19.6 Å². The highest BCUT2D eigenvalue weighted by Gasteiger charge is 2.49. The maximum atomic E-state index is 12.3. The highest BCUT2D eigenvalue weighted by Crippen LogP contribution is 2.44. The number of aliphatic carboxylic acids is 1. The fourth-order valence-corrected chi connectivity index (χ4v) is 9.68. The minimum Gasteiger partial charge on any atom is -0.479 e. The van der Waals surface area contributed by atoms with Crippen molar-refractivity contribution in [2.24, 2.45) is 0 Å². The van der Waals surface area contributed by atoms with Gasteiger partial charge in [0.1, 0.15) is 0 Å². The Bertz CT molecular complexity index is 611. The maximum Gasteiger partial charge on any atom is 0.407 e. The highest BCUT2D eigenvalue weighted by atomic mass is 28.4. The molecule has 0 saturated carbocycles. The third-order valence-electron chi connectivity index (χ3n) is 5.29. The van der Waals surface area contributed by atoms with Crippen molar-refractivity contribution in [1.29, 1.82) is 0 Å². The van der Waals surface area contributed by atoms with Gasteiger partial charge in [0, 0.05) is 0 Å². The third kappa shape index (κ3) is 5.58. The van der Waals surface area contributed by atoms with Gasteiger partial charge >= 0.3 is 12.1 Å². The molecule has 158 valence electrons. The second kappa shape index (κ2) is 10.6. The second-order valence-electron chi connectivity index (χ2n) is 7.95. The van der Waals surface area contributed by atoms with Gasteiger partial charge in [-0.3, -0.25) is 0 Å². The first-order valence-electron chi connectivity index (χ1n) is 9.96. The van der Waals surface area contributed by atoms with Crippen LogP contribution in [0, 0.1) is 0 Å². The first kappa shape index (κ1) is 24.2. The number of benzene rings is 1. The minimum atomic E-state index is -2.49. The predicted octanol–water partition coefficient (Wildman–Crippen LogP) is 5.12. The standard InChI is InChI=1S/C21H35NO5Si/c1-8-26-21(25)22-18(17-12-10-9-11-13-17)19(20(23)24)27-28(14(2)3,15(4)5)16(6)7/h9-16,18-19H,8H2,1-7H3,(H,22,25)(H,23,24)/t18-,19+/m0/s1. The van der Waals surface area contributed by atoms with Gasteiger partial charge in [-0.1, -0.05) is 71.9 Å². The van der Waals surface area contributed by atoms with Crippen LogP contribution >= 0.6 is 0 Å². The summed E-state index contributed by atoms with van der Waals surface area (Å²) in [6.45, 7) is 14.5. The van der Waals surface area contributed by atoms with E-state index in [1.54, 1.807) is 19.1 Å². The number of hydrogen-bond acceptors (Lipinski definition) is 4. The number of hydrogen-bond donors (Lipinski definition) is 2. The Hall–Kier alpha value is -1.86. The van der Waals surface area contributed by atoms with Gasteiger partial charge in [-0.15, -0.1) is 0 Å².